The summed E-state index contributed by atoms with van der Waals surface area (Å²) in [7, 11) is 5.85. The number of rotatable bonds is 34. The summed E-state index contributed by atoms with van der Waals surface area (Å²) in [6, 6.07) is 5.79. The van der Waals surface area contributed by atoms with Crippen molar-refractivity contribution < 1.29 is 75.0 Å². The van der Waals surface area contributed by atoms with E-state index in [1.54, 1.807) is 21.6 Å². The first-order valence-electron chi connectivity index (χ1n) is 30.1. The Balaban J connectivity index is 0.00000196. The van der Waals surface area contributed by atoms with Crippen LogP contribution in [0, 0.1) is 81.0 Å². The predicted octanol–water partition coefficient (Wildman–Crippen LogP) is 1.38. The molecule has 2 aromatic heterocycles. The first kappa shape index (κ1) is 71.5. The van der Waals surface area contributed by atoms with Gasteiger partial charge in [-0.1, -0.05) is 23.4 Å². The molecule has 6 amide bonds. The predicted molar refractivity (Wildman–Crippen MR) is 319 cm³/mol. The van der Waals surface area contributed by atoms with E-state index in [9.17, 15) is 39.0 Å². The van der Waals surface area contributed by atoms with Gasteiger partial charge in [0, 0.05) is 91.8 Å². The number of hydrogen-bond donors (Lipinski definition) is 4. The number of phenols is 1. The molecule has 25 nitrogen and oxygen atoms in total. The van der Waals surface area contributed by atoms with Gasteiger partial charge in [0.1, 0.15) is 17.0 Å². The molecule has 0 saturated heterocycles. The molecular formula is C62H89FeN13O12+2. The van der Waals surface area contributed by atoms with E-state index >= 15 is 0 Å². The number of aliphatic hydroxyl groups is 1. The van der Waals surface area contributed by atoms with Crippen molar-refractivity contribution in [3.63, 3.8) is 0 Å². The Morgan fingerprint density at radius 2 is 1.16 bits per heavy atom. The average molecular weight is 1260 g/mol. The fourth-order valence-corrected chi connectivity index (χ4v) is 12.6. The van der Waals surface area contributed by atoms with E-state index in [4.69, 9.17) is 24.7 Å². The Hall–Kier alpha value is -5.60. The van der Waals surface area contributed by atoms with Gasteiger partial charge in [0.05, 0.1) is 77.6 Å². The fourth-order valence-electron chi connectivity index (χ4n) is 12.6. The minimum absolute atomic E-state index is 0. The second-order valence-electron chi connectivity index (χ2n) is 22.9. The van der Waals surface area contributed by atoms with Crippen LogP contribution in [0.3, 0.4) is 0 Å². The molecule has 5 atom stereocenters. The molecular weight excluding hydrogens is 1170 g/mol. The zero-order valence-corrected chi connectivity index (χ0v) is 52.6. The molecule has 2 heterocycles. The molecule has 0 bridgehead atoms. The maximum atomic E-state index is 14.5. The van der Waals surface area contributed by atoms with E-state index in [-0.39, 0.29) is 101 Å². The van der Waals surface area contributed by atoms with E-state index in [1.165, 1.54) is 64.1 Å². The molecule has 4 saturated carbocycles. The van der Waals surface area contributed by atoms with E-state index in [0.29, 0.717) is 73.8 Å². The minimum Gasteiger partial charge on any atom is -0.508 e. The number of hydrogen-bond acceptors (Lipinski definition) is 17. The van der Waals surface area contributed by atoms with Gasteiger partial charge in [0.2, 0.25) is 35.4 Å². The zero-order chi connectivity index (χ0) is 62.3. The first-order chi connectivity index (χ1) is 42.0. The van der Waals surface area contributed by atoms with Gasteiger partial charge in [-0.3, -0.25) is 38.1 Å². The summed E-state index contributed by atoms with van der Waals surface area (Å²) in [6.07, 6.45) is 27.5. The summed E-state index contributed by atoms with van der Waals surface area (Å²) >= 11 is 0. The Kier molecular flexibility index (Phi) is 29.0. The maximum Gasteiger partial charge on any atom is 2.00 e. The van der Waals surface area contributed by atoms with E-state index in [0.717, 1.165) is 38.0 Å². The van der Waals surface area contributed by atoms with Crippen LogP contribution in [0.15, 0.2) is 30.6 Å². The number of benzene rings is 1. The summed E-state index contributed by atoms with van der Waals surface area (Å²) in [5, 5.41) is 43.2. The molecule has 26 heteroatoms. The van der Waals surface area contributed by atoms with Crippen molar-refractivity contribution in [1.29, 1.82) is 0 Å². The van der Waals surface area contributed by atoms with Crippen LogP contribution in [0.2, 0.25) is 0 Å². The van der Waals surface area contributed by atoms with Crippen LogP contribution in [-0.2, 0) is 89.9 Å². The van der Waals surface area contributed by atoms with Crippen molar-refractivity contribution >= 4 is 35.4 Å². The molecule has 8 rings (SSSR count). The number of nitrogens with two attached hydrogens (primary N) is 1. The van der Waals surface area contributed by atoms with Gasteiger partial charge in [0.25, 0.3) is 0 Å². The van der Waals surface area contributed by atoms with Crippen LogP contribution >= 0.6 is 0 Å². The van der Waals surface area contributed by atoms with Gasteiger partial charge in [-0.15, -0.1) is 10.2 Å². The second kappa shape index (κ2) is 35.7. The number of aromatic nitrogens is 6. The number of aromatic hydroxyl groups is 1. The molecule has 5 aliphatic carbocycles. The summed E-state index contributed by atoms with van der Waals surface area (Å²) < 4.78 is 24.4. The smallest absolute Gasteiger partial charge is 0.508 e. The van der Waals surface area contributed by atoms with Gasteiger partial charge >= 0.3 is 17.1 Å². The number of phenolic OH excluding ortho intramolecular Hbond substituents is 1. The molecule has 1 unspecified atom stereocenters. The van der Waals surface area contributed by atoms with Crippen LogP contribution < -0.4 is 11.1 Å². The van der Waals surface area contributed by atoms with Crippen LogP contribution in [0.25, 0.3) is 0 Å². The van der Waals surface area contributed by atoms with Crippen LogP contribution in [0.4, 0.5) is 0 Å². The molecule has 1 aromatic carbocycles. The van der Waals surface area contributed by atoms with Gasteiger partial charge in [-0.2, -0.15) is 0 Å². The molecule has 480 valence electrons. The third-order valence-corrected chi connectivity index (χ3v) is 17.4. The average Bonchev–Trinajstić information content (AvgIpc) is 1.53. The number of fused-ring (bicyclic) bond motifs is 5. The van der Waals surface area contributed by atoms with Crippen molar-refractivity contribution in [3.8, 4) is 5.75 Å². The third kappa shape index (κ3) is 19.5. The van der Waals surface area contributed by atoms with Crippen molar-refractivity contribution in [2.45, 2.75) is 82.9 Å². The van der Waals surface area contributed by atoms with Gasteiger partial charge in [-0.05, 0) is 157 Å². The summed E-state index contributed by atoms with van der Waals surface area (Å²) in [4.78, 5) is 88.6. The summed E-state index contributed by atoms with van der Waals surface area (Å²) in [5.74, 6) is -0.959. The van der Waals surface area contributed by atoms with E-state index in [1.807, 2.05) is 70.1 Å². The molecule has 4 fully saturated rings. The quantitative estimate of drug-likeness (QED) is 0.0485. The number of carbonyl (C=O) groups is 6. The molecule has 88 heavy (non-hydrogen) atoms. The molecule has 0 aliphatic heterocycles. The Labute approximate surface area is 529 Å². The van der Waals surface area contributed by atoms with Crippen LogP contribution in [-0.4, -0.2) is 234 Å². The number of methoxy groups -OCH3 is 4. The van der Waals surface area contributed by atoms with Gasteiger partial charge in [-0.25, -0.2) is 0 Å². The number of nitrogens with one attached hydrogen (secondary N) is 1. The Morgan fingerprint density at radius 3 is 1.72 bits per heavy atom. The maximum absolute atomic E-state index is 14.5. The summed E-state index contributed by atoms with van der Waals surface area (Å²) in [5.41, 5.74) is 7.81. The van der Waals surface area contributed by atoms with E-state index in [2.05, 4.69) is 38.9 Å². The van der Waals surface area contributed by atoms with Crippen molar-refractivity contribution in [2.24, 2.45) is 23.0 Å². The number of carbonyl (C=O) groups excluding carboxylic acids is 6. The Morgan fingerprint density at radius 1 is 0.648 bits per heavy atom. The molecule has 3 aromatic rings. The molecule has 0 spiro atoms. The molecule has 5 aliphatic rings. The number of primary amides is 1. The largest absolute Gasteiger partial charge is 2.00 e. The number of nitrogens with zero attached hydrogens (tertiary/aromatic N) is 11. The van der Waals surface area contributed by atoms with Gasteiger partial charge < -0.3 is 64.7 Å². The van der Waals surface area contributed by atoms with Gasteiger partial charge in [0.15, 0.2) is 0 Å². The topological polar surface area (TPSA) is 295 Å². The Bertz CT molecular complexity index is 2680. The summed E-state index contributed by atoms with van der Waals surface area (Å²) in [6.45, 7) is 1.80. The number of aryl methyl sites for hydroxylation is 3. The van der Waals surface area contributed by atoms with E-state index < -0.39 is 61.3 Å². The van der Waals surface area contributed by atoms with Crippen LogP contribution in [0.1, 0.15) is 80.3 Å². The van der Waals surface area contributed by atoms with Crippen molar-refractivity contribution in [2.75, 3.05) is 133 Å². The molecule has 5 N–H and O–H groups in total. The fraction of sp³-hybridized carbons (Fsp3) is 0.581. The SMILES string of the molecule is COCCN(CC(N)=O)C(=O)CN(CCOC)C(=O)CN(CCCn1cc([C]2[CH][CH][CH][CH]2)nn1)C(=O)CN(CCOC)C(=O)CN(CCOC)C(=O)CNCCCn1cc(C2(O)CC[C@H]3[C@@H]4CCc5cc(O)ccc5[C@H]4CC[C@@]32C)nn1.[CH]1[CH][CH][CH][CH]1.[Fe+2]. The number of amides is 6. The minimum atomic E-state index is -1.11. The second-order valence-corrected chi connectivity index (χ2v) is 22.9. The zero-order valence-electron chi connectivity index (χ0n) is 51.5. The monoisotopic (exact) mass is 1260 g/mol. The number of ether oxygens (including phenoxy) is 4. The van der Waals surface area contributed by atoms with Crippen LogP contribution in [0.5, 0.6) is 5.75 Å². The first-order valence-corrected chi connectivity index (χ1v) is 30.1. The normalized spacial score (nSPS) is 21.0. The van der Waals surface area contributed by atoms with Crippen molar-refractivity contribution in [1.82, 2.24) is 59.8 Å². The molecule has 10 radical (unpaired) electrons. The standard InChI is InChI=1S/C57H84N13O12.C5H5.Fe/c1-56-18-16-45-44-15-13-43(71)32-42(44)12-14-46(45)47(56)17-19-57(56,78)49-35-70(63-61-49)22-8-20-59-33-51(73)66(25-29-80-3)38-55(77)67(26-30-81-4)39-52(74)64(21-9-23-69-34-48(60-62-69)41-10-6-7-11-41)37-54(76)68(27-31-82-5)40-53(75)65(24-28-79-2)36-50(58)72;1-2-4-5-3-1;/h6-7,10-11,13,15,32,34-35,45-47,59,71,78H,8-9,12,14,16-31,33,36-40H2,1-5H3,(H2,58,72);1-5H;/q;;+2/t45-,46-,47+,56+,57?;;/m1../s1. The third-order valence-electron chi connectivity index (χ3n) is 17.4. The van der Waals surface area contributed by atoms with Crippen molar-refractivity contribution in [3.05, 3.63) is 117 Å².